The van der Waals surface area contributed by atoms with Gasteiger partial charge in [0, 0.05) is 48.2 Å². The SMILES string of the molecule is CCc1cc(-c2nc(-c3cc(C(=O)N4CCCC4)c(C)n3CC3CC3)cs2)ccn1. The van der Waals surface area contributed by atoms with Crippen LogP contribution in [0.25, 0.3) is 22.0 Å². The van der Waals surface area contributed by atoms with Crippen molar-refractivity contribution in [3.05, 3.63) is 46.7 Å². The molecular formula is C24H28N4OS. The molecule has 0 aromatic carbocycles. The monoisotopic (exact) mass is 420 g/mol. The van der Waals surface area contributed by atoms with Crippen LogP contribution in [0.4, 0.5) is 0 Å². The smallest absolute Gasteiger partial charge is 0.255 e. The molecule has 1 aliphatic carbocycles. The molecule has 5 nitrogen and oxygen atoms in total. The first kappa shape index (κ1) is 19.5. The van der Waals surface area contributed by atoms with E-state index in [1.807, 2.05) is 17.2 Å². The van der Waals surface area contributed by atoms with E-state index in [4.69, 9.17) is 4.98 Å². The first-order valence-electron chi connectivity index (χ1n) is 11.0. The van der Waals surface area contributed by atoms with Crippen LogP contribution in [0, 0.1) is 12.8 Å². The molecular weight excluding hydrogens is 392 g/mol. The lowest BCUT2D eigenvalue weighted by Crippen LogP contribution is -2.28. The molecule has 0 radical (unpaired) electrons. The number of carbonyl (C=O) groups is 1. The number of nitrogens with zero attached hydrogens (tertiary/aromatic N) is 4. The van der Waals surface area contributed by atoms with Crippen molar-refractivity contribution >= 4 is 17.2 Å². The fourth-order valence-corrected chi connectivity index (χ4v) is 5.10. The van der Waals surface area contributed by atoms with Crippen LogP contribution in [0.2, 0.25) is 0 Å². The molecule has 6 heteroatoms. The van der Waals surface area contributed by atoms with Gasteiger partial charge in [0.05, 0.1) is 17.0 Å². The first-order valence-corrected chi connectivity index (χ1v) is 11.9. The second-order valence-corrected chi connectivity index (χ2v) is 9.37. The van der Waals surface area contributed by atoms with E-state index >= 15 is 0 Å². The molecule has 0 spiro atoms. The molecule has 3 aromatic heterocycles. The number of hydrogen-bond donors (Lipinski definition) is 0. The highest BCUT2D eigenvalue weighted by molar-refractivity contribution is 7.13. The summed E-state index contributed by atoms with van der Waals surface area (Å²) < 4.78 is 2.34. The summed E-state index contributed by atoms with van der Waals surface area (Å²) in [5, 5.41) is 3.13. The third-order valence-electron chi connectivity index (χ3n) is 6.32. The Kier molecular flexibility index (Phi) is 5.19. The van der Waals surface area contributed by atoms with Gasteiger partial charge in [-0.2, -0.15) is 0 Å². The summed E-state index contributed by atoms with van der Waals surface area (Å²) in [7, 11) is 0. The molecule has 4 heterocycles. The average Bonchev–Trinajstić information content (AvgIpc) is 3.15. The van der Waals surface area contributed by atoms with Gasteiger partial charge in [0.1, 0.15) is 5.01 Å². The van der Waals surface area contributed by atoms with E-state index in [9.17, 15) is 4.79 Å². The predicted molar refractivity (Wildman–Crippen MR) is 121 cm³/mol. The van der Waals surface area contributed by atoms with Gasteiger partial charge in [0.2, 0.25) is 0 Å². The summed E-state index contributed by atoms with van der Waals surface area (Å²) >= 11 is 1.66. The number of rotatable bonds is 6. The number of amides is 1. The summed E-state index contributed by atoms with van der Waals surface area (Å²) in [6.45, 7) is 6.95. The summed E-state index contributed by atoms with van der Waals surface area (Å²) in [4.78, 5) is 24.5. The van der Waals surface area contributed by atoms with E-state index in [0.717, 1.165) is 83.7 Å². The van der Waals surface area contributed by atoms with E-state index < -0.39 is 0 Å². The minimum absolute atomic E-state index is 0.179. The lowest BCUT2D eigenvalue weighted by atomic mass is 10.2. The van der Waals surface area contributed by atoms with Gasteiger partial charge in [0.25, 0.3) is 5.91 Å². The Balaban J connectivity index is 1.52. The van der Waals surface area contributed by atoms with Gasteiger partial charge in [-0.15, -0.1) is 11.3 Å². The number of pyridine rings is 1. The van der Waals surface area contributed by atoms with Crippen molar-refractivity contribution in [3.63, 3.8) is 0 Å². The molecule has 2 aliphatic rings. The number of likely N-dealkylation sites (tertiary alicyclic amines) is 1. The molecule has 5 rings (SSSR count). The average molecular weight is 421 g/mol. The predicted octanol–water partition coefficient (Wildman–Crippen LogP) is 5.19. The Morgan fingerprint density at radius 2 is 2.03 bits per heavy atom. The normalized spacial score (nSPS) is 16.4. The van der Waals surface area contributed by atoms with E-state index in [1.54, 1.807) is 11.3 Å². The Hall–Kier alpha value is -2.47. The van der Waals surface area contributed by atoms with Crippen molar-refractivity contribution in [2.75, 3.05) is 13.1 Å². The van der Waals surface area contributed by atoms with Gasteiger partial charge >= 0.3 is 0 Å². The van der Waals surface area contributed by atoms with Gasteiger partial charge in [-0.1, -0.05) is 6.92 Å². The maximum Gasteiger partial charge on any atom is 0.255 e. The second kappa shape index (κ2) is 7.99. The Morgan fingerprint density at radius 3 is 2.77 bits per heavy atom. The van der Waals surface area contributed by atoms with Crippen molar-refractivity contribution in [1.82, 2.24) is 19.4 Å². The molecule has 0 unspecified atom stereocenters. The zero-order valence-corrected chi connectivity index (χ0v) is 18.5. The Morgan fingerprint density at radius 1 is 1.23 bits per heavy atom. The van der Waals surface area contributed by atoms with Crippen LogP contribution < -0.4 is 0 Å². The van der Waals surface area contributed by atoms with Crippen LogP contribution in [0.3, 0.4) is 0 Å². The molecule has 0 atom stereocenters. The maximum absolute atomic E-state index is 13.2. The maximum atomic E-state index is 13.2. The Bertz CT molecular complexity index is 1070. The third-order valence-corrected chi connectivity index (χ3v) is 7.21. The van der Waals surface area contributed by atoms with Crippen molar-refractivity contribution < 1.29 is 4.79 Å². The van der Waals surface area contributed by atoms with Crippen LogP contribution in [0.5, 0.6) is 0 Å². The quantitative estimate of drug-likeness (QED) is 0.551. The molecule has 1 amide bonds. The number of aryl methyl sites for hydroxylation is 1. The molecule has 0 bridgehead atoms. The van der Waals surface area contributed by atoms with Crippen molar-refractivity contribution in [1.29, 1.82) is 0 Å². The van der Waals surface area contributed by atoms with Gasteiger partial charge < -0.3 is 9.47 Å². The largest absolute Gasteiger partial charge is 0.343 e. The fourth-order valence-electron chi connectivity index (χ4n) is 4.29. The second-order valence-electron chi connectivity index (χ2n) is 8.51. The van der Waals surface area contributed by atoms with Crippen molar-refractivity contribution in [3.8, 4) is 22.0 Å². The van der Waals surface area contributed by atoms with Gasteiger partial charge in [-0.05, 0) is 63.1 Å². The summed E-state index contributed by atoms with van der Waals surface area (Å²) in [5.74, 6) is 0.910. The molecule has 1 saturated carbocycles. The number of aromatic nitrogens is 3. The summed E-state index contributed by atoms with van der Waals surface area (Å²) in [6.07, 6.45) is 7.57. The first-order chi connectivity index (χ1) is 14.6. The van der Waals surface area contributed by atoms with Crippen LogP contribution >= 0.6 is 11.3 Å². The molecule has 3 aromatic rings. The van der Waals surface area contributed by atoms with Crippen LogP contribution in [-0.4, -0.2) is 38.4 Å². The minimum Gasteiger partial charge on any atom is -0.343 e. The van der Waals surface area contributed by atoms with E-state index in [-0.39, 0.29) is 5.91 Å². The minimum atomic E-state index is 0.179. The number of hydrogen-bond acceptors (Lipinski definition) is 4. The highest BCUT2D eigenvalue weighted by Gasteiger charge is 2.29. The fraction of sp³-hybridized carbons (Fsp3) is 0.458. The third kappa shape index (κ3) is 3.69. The zero-order chi connectivity index (χ0) is 20.7. The van der Waals surface area contributed by atoms with Gasteiger partial charge in [-0.25, -0.2) is 4.98 Å². The zero-order valence-electron chi connectivity index (χ0n) is 17.7. The number of carbonyl (C=O) groups excluding carboxylic acids is 1. The van der Waals surface area contributed by atoms with E-state index in [2.05, 4.69) is 40.9 Å². The summed E-state index contributed by atoms with van der Waals surface area (Å²) in [6, 6.07) is 6.24. The summed E-state index contributed by atoms with van der Waals surface area (Å²) in [5.41, 5.74) is 6.17. The molecule has 30 heavy (non-hydrogen) atoms. The lowest BCUT2D eigenvalue weighted by Gasteiger charge is -2.15. The van der Waals surface area contributed by atoms with Crippen LogP contribution in [0.1, 0.15) is 54.4 Å². The topological polar surface area (TPSA) is 51.0 Å². The molecule has 156 valence electrons. The van der Waals surface area contributed by atoms with Crippen LogP contribution in [0.15, 0.2) is 29.8 Å². The molecule has 1 saturated heterocycles. The van der Waals surface area contributed by atoms with Crippen LogP contribution in [-0.2, 0) is 13.0 Å². The number of thiazole rings is 1. The molecule has 2 fully saturated rings. The van der Waals surface area contributed by atoms with Crippen molar-refractivity contribution in [2.45, 2.75) is 52.5 Å². The standard InChI is InChI=1S/C24H28N4OS/c1-3-19-12-18(8-9-25-19)23-26-21(15-30-23)22-13-20(24(29)27-10-4-5-11-27)16(2)28(22)14-17-6-7-17/h8-9,12-13,15,17H,3-7,10-11,14H2,1-2H3. The van der Waals surface area contributed by atoms with Gasteiger partial charge in [0.15, 0.2) is 0 Å². The van der Waals surface area contributed by atoms with E-state index in [0.29, 0.717) is 0 Å². The van der Waals surface area contributed by atoms with Gasteiger partial charge in [-0.3, -0.25) is 9.78 Å². The molecule has 1 aliphatic heterocycles. The van der Waals surface area contributed by atoms with Crippen molar-refractivity contribution in [2.24, 2.45) is 5.92 Å². The lowest BCUT2D eigenvalue weighted by molar-refractivity contribution is 0.0792. The highest BCUT2D eigenvalue weighted by atomic mass is 32.1. The Labute approximate surface area is 181 Å². The van der Waals surface area contributed by atoms with E-state index in [1.165, 1.54) is 12.8 Å². The highest BCUT2D eigenvalue weighted by Crippen LogP contribution is 2.36. The molecule has 0 N–H and O–H groups in total.